The number of nitrogens with zero attached hydrogens (tertiary/aromatic N) is 2. The van der Waals surface area contributed by atoms with E-state index in [9.17, 15) is 28.6 Å². The number of aromatic hydroxyl groups is 1. The van der Waals surface area contributed by atoms with E-state index in [0.717, 1.165) is 6.07 Å². The third kappa shape index (κ3) is 8.59. The molecule has 4 aromatic carbocycles. The number of rotatable bonds is 9. The Hall–Kier alpha value is 0.170. The Balaban J connectivity index is 0.00000241. The fourth-order valence-corrected chi connectivity index (χ4v) is 4.85. The quantitative estimate of drug-likeness (QED) is 0.0478. The van der Waals surface area contributed by atoms with E-state index in [0.29, 0.717) is 45.1 Å². The van der Waals surface area contributed by atoms with Gasteiger partial charge in [0.1, 0.15) is 15.8 Å². The van der Waals surface area contributed by atoms with Gasteiger partial charge in [0.2, 0.25) is 0 Å². The van der Waals surface area contributed by atoms with Gasteiger partial charge in [0.25, 0.3) is 0 Å². The van der Waals surface area contributed by atoms with Gasteiger partial charge in [0.15, 0.2) is 5.75 Å². The Kier molecular flexibility index (Phi) is 15.8. The van der Waals surface area contributed by atoms with Crippen LogP contribution in [-0.4, -0.2) is 18.1 Å². The van der Waals surface area contributed by atoms with Crippen LogP contribution in [0.25, 0.3) is 21.5 Å². The second-order valence-corrected chi connectivity index (χ2v) is 9.54. The number of hydrogen-bond acceptors (Lipinski definition) is 14. The van der Waals surface area contributed by atoms with Gasteiger partial charge >= 0.3 is 88.7 Å². The van der Waals surface area contributed by atoms with Crippen molar-refractivity contribution >= 4 is 67.1 Å². The van der Waals surface area contributed by atoms with Gasteiger partial charge in [-0.25, -0.2) is 8.42 Å². The van der Waals surface area contributed by atoms with Crippen LogP contribution in [0, 0.1) is 0 Å². The number of azo groups is 1. The molecule has 0 atom stereocenters. The van der Waals surface area contributed by atoms with Gasteiger partial charge in [-0.05, 0) is 35.7 Å². The standard InChI is InChI=1S/C20H14N2O10S3.3Na/c23-20-17(34-32-30-25)10-11-9-12(33-31-29-24)5-6-13(11)19(20)22-21-16-7-8-18(35(26,27)28)15-4-2-1-3-14(15)16;;;/h1-10,23-25H,(H,26,27,28);;;/q;3*+1/p-3. The van der Waals surface area contributed by atoms with Crippen LogP contribution in [0.5, 0.6) is 5.75 Å². The van der Waals surface area contributed by atoms with E-state index < -0.39 is 15.0 Å². The maximum absolute atomic E-state index is 11.6. The van der Waals surface area contributed by atoms with E-state index in [1.54, 1.807) is 36.4 Å². The molecular weight excluding hydrogens is 593 g/mol. The van der Waals surface area contributed by atoms with Crippen LogP contribution in [0.1, 0.15) is 0 Å². The Morgan fingerprint density at radius 1 is 0.789 bits per heavy atom. The van der Waals surface area contributed by atoms with Crippen LogP contribution in [0.2, 0.25) is 0 Å². The summed E-state index contributed by atoms with van der Waals surface area (Å²) in [6, 6.07) is 14.9. The fraction of sp³-hybridized carbons (Fsp3) is 0. The molecule has 0 spiro atoms. The van der Waals surface area contributed by atoms with Crippen LogP contribution in [-0.2, 0) is 28.9 Å². The van der Waals surface area contributed by atoms with E-state index in [4.69, 9.17) is 0 Å². The minimum Gasteiger partial charge on any atom is -0.744 e. The number of benzene rings is 4. The summed E-state index contributed by atoms with van der Waals surface area (Å²) in [6.45, 7) is 0. The van der Waals surface area contributed by atoms with Crippen LogP contribution in [0.4, 0.5) is 11.4 Å². The third-order valence-corrected chi connectivity index (χ3v) is 6.80. The van der Waals surface area contributed by atoms with Gasteiger partial charge in [-0.2, -0.15) is 8.67 Å². The molecule has 0 aliphatic carbocycles. The van der Waals surface area contributed by atoms with Crippen molar-refractivity contribution in [2.24, 2.45) is 10.2 Å². The summed E-state index contributed by atoms with van der Waals surface area (Å²) in [5.74, 6) is -0.383. The third-order valence-electron chi connectivity index (χ3n) is 4.72. The number of phenols is 1. The summed E-state index contributed by atoms with van der Waals surface area (Å²) in [5.41, 5.74) is 0.215. The molecule has 0 bridgehead atoms. The van der Waals surface area contributed by atoms with Crippen molar-refractivity contribution < 1.29 is 136 Å². The van der Waals surface area contributed by atoms with E-state index in [1.807, 2.05) is 0 Å². The van der Waals surface area contributed by atoms with E-state index >= 15 is 0 Å². The monoisotopic (exact) mass is 604 g/mol. The Labute approximate surface area is 290 Å². The molecule has 0 unspecified atom stereocenters. The van der Waals surface area contributed by atoms with Crippen molar-refractivity contribution in [3.05, 3.63) is 60.7 Å². The molecule has 0 radical (unpaired) electrons. The summed E-state index contributed by atoms with van der Waals surface area (Å²) >= 11 is 1.07. The first-order chi connectivity index (χ1) is 16.8. The van der Waals surface area contributed by atoms with E-state index in [2.05, 4.69) is 29.0 Å². The maximum Gasteiger partial charge on any atom is 1.00 e. The molecule has 4 aromatic rings. The second-order valence-electron chi connectivity index (χ2n) is 6.68. The molecule has 0 saturated heterocycles. The number of fused-ring (bicyclic) bond motifs is 2. The molecule has 0 fully saturated rings. The molecule has 0 saturated carbocycles. The molecule has 12 nitrogen and oxygen atoms in total. The fourth-order valence-electron chi connectivity index (χ4n) is 3.31. The molecule has 0 aliphatic rings. The molecule has 0 aliphatic heterocycles. The van der Waals surface area contributed by atoms with Crippen LogP contribution in [0.3, 0.4) is 0 Å². The Morgan fingerprint density at radius 2 is 1.45 bits per heavy atom. The summed E-state index contributed by atoms with van der Waals surface area (Å²) in [7, 11) is -4.73. The first-order valence-electron chi connectivity index (χ1n) is 9.29. The molecule has 38 heavy (non-hydrogen) atoms. The number of hydrogen-bond donors (Lipinski definition) is 1. The summed E-state index contributed by atoms with van der Waals surface area (Å²) in [5, 5.41) is 47.6. The van der Waals surface area contributed by atoms with Crippen molar-refractivity contribution in [2.45, 2.75) is 14.7 Å². The first kappa shape index (κ1) is 36.2. The van der Waals surface area contributed by atoms with Gasteiger partial charge in [-0.15, -0.1) is 10.2 Å². The molecule has 0 amide bonds. The van der Waals surface area contributed by atoms with Crippen LogP contribution < -0.4 is 99.2 Å². The zero-order valence-corrected chi connectivity index (χ0v) is 28.5. The van der Waals surface area contributed by atoms with Crippen molar-refractivity contribution in [3.8, 4) is 5.75 Å². The van der Waals surface area contributed by atoms with Gasteiger partial charge in [0.05, 0.1) is 39.6 Å². The van der Waals surface area contributed by atoms with Gasteiger partial charge < -0.3 is 20.2 Å². The number of phenolic OH excluding ortho intramolecular Hbond substituents is 1. The van der Waals surface area contributed by atoms with Crippen molar-refractivity contribution in [3.63, 3.8) is 0 Å². The van der Waals surface area contributed by atoms with Gasteiger partial charge in [-0.3, -0.25) is 10.1 Å². The van der Waals surface area contributed by atoms with Gasteiger partial charge in [0, 0.05) is 21.1 Å². The molecule has 18 heteroatoms. The van der Waals surface area contributed by atoms with Crippen LogP contribution in [0.15, 0.2) is 85.6 Å². The average Bonchev–Trinajstić information content (AvgIpc) is 2.84. The molecule has 4 rings (SSSR count). The van der Waals surface area contributed by atoms with E-state index in [1.165, 1.54) is 18.2 Å². The van der Waals surface area contributed by atoms with Crippen molar-refractivity contribution in [1.29, 1.82) is 0 Å². The SMILES string of the molecule is O=S(=O)([O-])c1ccc(N=Nc2c(O)c(SOO[O-])cc3cc(SOO[O-])ccc23)c2ccccc12.[Na+].[Na+].[Na+]. The smallest absolute Gasteiger partial charge is 0.744 e. The topological polar surface area (TPSA) is 185 Å². The van der Waals surface area contributed by atoms with E-state index in [-0.39, 0.29) is 116 Å². The molecule has 0 aromatic heterocycles. The second kappa shape index (κ2) is 16.6. The van der Waals surface area contributed by atoms with Crippen molar-refractivity contribution in [1.82, 2.24) is 0 Å². The summed E-state index contributed by atoms with van der Waals surface area (Å²) < 4.78 is 43.5. The Bertz CT molecular complexity index is 1540. The minimum absolute atomic E-state index is 0. The molecular formula is C20H11N2Na3O10S3. The zero-order valence-electron chi connectivity index (χ0n) is 20.0. The zero-order chi connectivity index (χ0) is 25.0. The largest absolute Gasteiger partial charge is 1.00 e. The molecule has 182 valence electrons. The normalized spacial score (nSPS) is 11.2. The van der Waals surface area contributed by atoms with Crippen LogP contribution >= 0.6 is 24.1 Å². The predicted octanol–water partition coefficient (Wildman–Crippen LogP) is -5.51. The summed E-state index contributed by atoms with van der Waals surface area (Å²) in [6.07, 6.45) is 0. The Morgan fingerprint density at radius 3 is 2.11 bits per heavy atom. The average molecular weight is 604 g/mol. The first-order valence-corrected chi connectivity index (χ1v) is 12.2. The van der Waals surface area contributed by atoms with Gasteiger partial charge in [-0.1, -0.05) is 30.3 Å². The summed E-state index contributed by atoms with van der Waals surface area (Å²) in [4.78, 5) is 0.130. The molecule has 0 heterocycles. The maximum atomic E-state index is 11.6. The van der Waals surface area contributed by atoms with Crippen molar-refractivity contribution in [2.75, 3.05) is 0 Å². The predicted molar refractivity (Wildman–Crippen MR) is 118 cm³/mol. The minimum atomic E-state index is -4.73. The molecule has 1 N–H and O–H groups in total.